The minimum absolute atomic E-state index is 0.00826. The number of pyridine rings is 1. The molecule has 0 aliphatic carbocycles. The molecule has 3 rings (SSSR count). The Labute approximate surface area is 171 Å². The first kappa shape index (κ1) is 20.5. The van der Waals surface area contributed by atoms with E-state index in [1.807, 2.05) is 6.07 Å². The summed E-state index contributed by atoms with van der Waals surface area (Å²) in [5, 5.41) is 9.31. The second-order valence-electron chi connectivity index (χ2n) is 5.94. The average Bonchev–Trinajstić information content (AvgIpc) is 2.71. The first-order chi connectivity index (χ1) is 13.8. The maximum atomic E-state index is 13.0. The minimum Gasteiger partial charge on any atom is -0.292 e. The van der Waals surface area contributed by atoms with Gasteiger partial charge in [0.05, 0.1) is 16.8 Å². The van der Waals surface area contributed by atoms with Crippen molar-refractivity contribution in [2.24, 2.45) is 0 Å². The van der Waals surface area contributed by atoms with Crippen LogP contribution in [0.3, 0.4) is 0 Å². The summed E-state index contributed by atoms with van der Waals surface area (Å²) in [7, 11) is -4.17. The Morgan fingerprint density at radius 3 is 2.48 bits per heavy atom. The van der Waals surface area contributed by atoms with Crippen molar-refractivity contribution in [3.05, 3.63) is 89.0 Å². The van der Waals surface area contributed by atoms with Crippen molar-refractivity contribution in [1.82, 2.24) is 4.98 Å². The van der Waals surface area contributed by atoms with Gasteiger partial charge in [0.2, 0.25) is 0 Å². The molecule has 0 unspecified atom stereocenters. The first-order valence-electron chi connectivity index (χ1n) is 8.24. The fraction of sp³-hybridized carbons (Fsp3) is 0.0500. The van der Waals surface area contributed by atoms with Crippen LogP contribution in [0, 0.1) is 17.1 Å². The predicted octanol–water partition coefficient (Wildman–Crippen LogP) is 4.16. The molecule has 2 aromatic carbocycles. The molecule has 6 nitrogen and oxygen atoms in total. The highest BCUT2D eigenvalue weighted by Gasteiger charge is 2.26. The molecule has 0 aliphatic heterocycles. The number of hydrogen-bond acceptors (Lipinski definition) is 5. The number of hydrogen-bond donors (Lipinski definition) is 1. The van der Waals surface area contributed by atoms with Gasteiger partial charge < -0.3 is 0 Å². The highest BCUT2D eigenvalue weighted by molar-refractivity contribution is 7.92. The van der Waals surface area contributed by atoms with E-state index in [1.54, 1.807) is 12.1 Å². The van der Waals surface area contributed by atoms with Gasteiger partial charge in [-0.3, -0.25) is 14.5 Å². The molecule has 0 spiro atoms. The second kappa shape index (κ2) is 8.39. The summed E-state index contributed by atoms with van der Waals surface area (Å²) in [5.41, 5.74) is 0.373. The smallest absolute Gasteiger partial charge is 0.263 e. The number of anilines is 1. The summed E-state index contributed by atoms with van der Waals surface area (Å²) in [6.07, 6.45) is 1.46. The van der Waals surface area contributed by atoms with Crippen LogP contribution >= 0.6 is 11.6 Å². The van der Waals surface area contributed by atoms with E-state index < -0.39 is 27.5 Å². The van der Waals surface area contributed by atoms with Crippen LogP contribution < -0.4 is 4.72 Å². The third kappa shape index (κ3) is 4.59. The largest absolute Gasteiger partial charge is 0.292 e. The zero-order valence-electron chi connectivity index (χ0n) is 14.7. The number of benzene rings is 2. The Balaban J connectivity index is 1.96. The molecule has 29 heavy (non-hydrogen) atoms. The molecule has 0 amide bonds. The number of nitrogens with one attached hydrogen (secondary N) is 1. The standard InChI is InChI=1S/C20H13ClFN3O3S/c21-17-9-4-13(20(26)16(12-23)18-3-1-2-10-24-18)11-19(17)29(27,28)25-15-7-5-14(22)6-8-15/h1-11,16,25H/t16-/m0/s1. The van der Waals surface area contributed by atoms with Gasteiger partial charge in [-0.15, -0.1) is 0 Å². The number of sulfonamides is 1. The van der Waals surface area contributed by atoms with E-state index in [0.717, 1.165) is 18.2 Å². The maximum Gasteiger partial charge on any atom is 0.263 e. The summed E-state index contributed by atoms with van der Waals surface area (Å²) < 4.78 is 40.7. The Hall–Kier alpha value is -3.28. The van der Waals surface area contributed by atoms with Crippen LogP contribution in [0.2, 0.25) is 5.02 Å². The predicted molar refractivity (Wildman–Crippen MR) is 106 cm³/mol. The lowest BCUT2D eigenvalue weighted by atomic mass is 9.95. The van der Waals surface area contributed by atoms with Crippen molar-refractivity contribution in [3.63, 3.8) is 0 Å². The highest BCUT2D eigenvalue weighted by Crippen LogP contribution is 2.27. The van der Waals surface area contributed by atoms with Gasteiger partial charge >= 0.3 is 0 Å². The molecule has 0 saturated carbocycles. The van der Waals surface area contributed by atoms with Crippen molar-refractivity contribution in [3.8, 4) is 6.07 Å². The number of Topliss-reactive ketones (excluding diaryl/α,β-unsaturated/α-hetero) is 1. The van der Waals surface area contributed by atoms with Gasteiger partial charge in [0.1, 0.15) is 10.7 Å². The molecule has 0 bridgehead atoms. The normalized spacial score (nSPS) is 12.0. The summed E-state index contributed by atoms with van der Waals surface area (Å²) in [5.74, 6) is -2.32. The van der Waals surface area contributed by atoms with Crippen LogP contribution in [0.1, 0.15) is 22.0 Å². The number of carbonyl (C=O) groups excluding carboxylic acids is 1. The van der Waals surface area contributed by atoms with Gasteiger partial charge in [-0.05, 0) is 54.6 Å². The highest BCUT2D eigenvalue weighted by atomic mass is 35.5. The Morgan fingerprint density at radius 1 is 1.14 bits per heavy atom. The lowest BCUT2D eigenvalue weighted by Gasteiger charge is -2.12. The maximum absolute atomic E-state index is 13.0. The number of nitriles is 1. The van der Waals surface area contributed by atoms with E-state index in [-0.39, 0.29) is 26.9 Å². The number of ketones is 1. The third-order valence-corrected chi connectivity index (χ3v) is 5.84. The van der Waals surface area contributed by atoms with E-state index in [0.29, 0.717) is 0 Å². The molecule has 1 heterocycles. The second-order valence-corrected chi connectivity index (χ2v) is 8.00. The van der Waals surface area contributed by atoms with Crippen LogP contribution in [-0.4, -0.2) is 19.2 Å². The molecule has 9 heteroatoms. The van der Waals surface area contributed by atoms with Gasteiger partial charge in [-0.25, -0.2) is 12.8 Å². The molecular weight excluding hydrogens is 417 g/mol. The number of carbonyl (C=O) groups is 1. The van der Waals surface area contributed by atoms with Crippen LogP contribution in [0.4, 0.5) is 10.1 Å². The topological polar surface area (TPSA) is 99.9 Å². The molecule has 146 valence electrons. The number of nitrogens with zero attached hydrogens (tertiary/aromatic N) is 2. The van der Waals surface area contributed by atoms with E-state index >= 15 is 0 Å². The monoisotopic (exact) mass is 429 g/mol. The lowest BCUT2D eigenvalue weighted by molar-refractivity contribution is 0.0977. The van der Waals surface area contributed by atoms with E-state index in [1.165, 1.54) is 36.5 Å². The van der Waals surface area contributed by atoms with Crippen molar-refractivity contribution in [2.75, 3.05) is 4.72 Å². The van der Waals surface area contributed by atoms with Crippen molar-refractivity contribution >= 4 is 33.1 Å². The number of rotatable bonds is 6. The third-order valence-electron chi connectivity index (χ3n) is 3.98. The quantitative estimate of drug-likeness (QED) is 0.593. The minimum atomic E-state index is -4.17. The summed E-state index contributed by atoms with van der Waals surface area (Å²) >= 11 is 6.04. The molecule has 1 aromatic heterocycles. The van der Waals surface area contributed by atoms with Crippen molar-refractivity contribution in [1.29, 1.82) is 5.26 Å². The molecule has 0 aliphatic rings. The van der Waals surface area contributed by atoms with Gasteiger partial charge in [-0.1, -0.05) is 17.7 Å². The molecular formula is C20H13ClFN3O3S. The Kier molecular flexibility index (Phi) is 5.92. The summed E-state index contributed by atoms with van der Waals surface area (Å²) in [6.45, 7) is 0. The number of aromatic nitrogens is 1. The van der Waals surface area contributed by atoms with Crippen LogP contribution in [-0.2, 0) is 10.0 Å². The zero-order valence-corrected chi connectivity index (χ0v) is 16.3. The Morgan fingerprint density at radius 2 is 1.86 bits per heavy atom. The van der Waals surface area contributed by atoms with Crippen LogP contribution in [0.15, 0.2) is 71.8 Å². The molecule has 1 atom stereocenters. The van der Waals surface area contributed by atoms with Crippen molar-refractivity contribution in [2.45, 2.75) is 10.8 Å². The lowest BCUT2D eigenvalue weighted by Crippen LogP contribution is -2.16. The molecule has 3 aromatic rings. The van der Waals surface area contributed by atoms with Crippen LogP contribution in [0.25, 0.3) is 0 Å². The van der Waals surface area contributed by atoms with Gasteiger partial charge in [0.25, 0.3) is 10.0 Å². The first-order valence-corrected chi connectivity index (χ1v) is 10.1. The van der Waals surface area contributed by atoms with Crippen LogP contribution in [0.5, 0.6) is 0 Å². The van der Waals surface area contributed by atoms with E-state index in [9.17, 15) is 22.9 Å². The fourth-order valence-corrected chi connectivity index (χ4v) is 4.15. The van der Waals surface area contributed by atoms with Gasteiger partial charge in [-0.2, -0.15) is 5.26 Å². The molecule has 1 N–H and O–H groups in total. The van der Waals surface area contributed by atoms with E-state index in [2.05, 4.69) is 9.71 Å². The SMILES string of the molecule is N#C[C@H](C(=O)c1ccc(Cl)c(S(=O)(=O)Nc2ccc(F)cc2)c1)c1ccccn1. The summed E-state index contributed by atoms with van der Waals surface area (Å²) in [4.78, 5) is 16.5. The van der Waals surface area contributed by atoms with Gasteiger partial charge in [0, 0.05) is 17.4 Å². The summed E-state index contributed by atoms with van der Waals surface area (Å²) in [6, 6.07) is 15.1. The Bertz CT molecular complexity index is 1190. The molecule has 0 saturated heterocycles. The van der Waals surface area contributed by atoms with Gasteiger partial charge in [0.15, 0.2) is 11.7 Å². The van der Waals surface area contributed by atoms with Crippen molar-refractivity contribution < 1.29 is 17.6 Å². The molecule has 0 radical (unpaired) electrons. The molecule has 0 fully saturated rings. The zero-order chi connectivity index (χ0) is 21.0. The fourth-order valence-electron chi connectivity index (χ4n) is 2.56. The number of halogens is 2. The average molecular weight is 430 g/mol. The van der Waals surface area contributed by atoms with E-state index in [4.69, 9.17) is 11.6 Å².